The predicted octanol–water partition coefficient (Wildman–Crippen LogP) is 4.48. The van der Waals surface area contributed by atoms with E-state index in [1.165, 1.54) is 22.3 Å². The third-order valence-corrected chi connectivity index (χ3v) is 5.79. The van der Waals surface area contributed by atoms with Gasteiger partial charge in [0.25, 0.3) is 0 Å². The Morgan fingerprint density at radius 2 is 1.68 bits per heavy atom. The van der Waals surface area contributed by atoms with E-state index >= 15 is 0 Å². The van der Waals surface area contributed by atoms with E-state index in [1.54, 1.807) is 6.08 Å². The van der Waals surface area contributed by atoms with Gasteiger partial charge in [-0.05, 0) is 47.9 Å². The summed E-state index contributed by atoms with van der Waals surface area (Å²) in [6.07, 6.45) is 5.48. The fraction of sp³-hybridized carbons (Fsp3) is 0.304. The van der Waals surface area contributed by atoms with Crippen molar-refractivity contribution in [1.82, 2.24) is 5.32 Å². The van der Waals surface area contributed by atoms with Gasteiger partial charge in [-0.1, -0.05) is 54.6 Å². The number of hydrogen-bond acceptors (Lipinski definition) is 3. The summed E-state index contributed by atoms with van der Waals surface area (Å²) >= 11 is 0. The van der Waals surface area contributed by atoms with Gasteiger partial charge in [-0.25, -0.2) is 9.59 Å². The first kappa shape index (κ1) is 18.3. The largest absolute Gasteiger partial charge is 0.478 e. The lowest BCUT2D eigenvalue weighted by molar-refractivity contribution is -0.131. The Bertz CT molecular complexity index is 884. The summed E-state index contributed by atoms with van der Waals surface area (Å²) < 4.78 is 5.61. The first-order valence-corrected chi connectivity index (χ1v) is 9.61. The van der Waals surface area contributed by atoms with Crippen molar-refractivity contribution in [3.8, 4) is 11.1 Å². The number of alkyl carbamates (subject to hydrolysis) is 1. The van der Waals surface area contributed by atoms with Crippen LogP contribution in [0.1, 0.15) is 42.7 Å². The van der Waals surface area contributed by atoms with E-state index in [4.69, 9.17) is 9.84 Å². The number of carboxylic acid groups (broad SMARTS) is 1. The number of benzene rings is 2. The van der Waals surface area contributed by atoms with Crippen molar-refractivity contribution in [3.05, 3.63) is 71.8 Å². The molecule has 0 spiro atoms. The van der Waals surface area contributed by atoms with Crippen LogP contribution in [0.15, 0.2) is 60.7 Å². The van der Waals surface area contributed by atoms with E-state index in [2.05, 4.69) is 29.6 Å². The minimum Gasteiger partial charge on any atom is -0.478 e. The lowest BCUT2D eigenvalue weighted by Crippen LogP contribution is -2.53. The van der Waals surface area contributed by atoms with Crippen LogP contribution >= 0.6 is 0 Å². The molecule has 28 heavy (non-hydrogen) atoms. The van der Waals surface area contributed by atoms with Gasteiger partial charge in [-0.2, -0.15) is 0 Å². The average molecular weight is 377 g/mol. The van der Waals surface area contributed by atoms with Crippen LogP contribution in [-0.4, -0.2) is 29.3 Å². The van der Waals surface area contributed by atoms with Gasteiger partial charge < -0.3 is 15.2 Å². The van der Waals surface area contributed by atoms with Gasteiger partial charge in [0.15, 0.2) is 0 Å². The highest BCUT2D eigenvalue weighted by Crippen LogP contribution is 2.44. The fourth-order valence-corrected chi connectivity index (χ4v) is 4.22. The first-order valence-electron chi connectivity index (χ1n) is 9.61. The molecule has 0 radical (unpaired) electrons. The van der Waals surface area contributed by atoms with Gasteiger partial charge in [0.2, 0.25) is 0 Å². The maximum Gasteiger partial charge on any atom is 0.407 e. The normalized spacial score (nSPS) is 16.9. The van der Waals surface area contributed by atoms with Crippen LogP contribution in [0.2, 0.25) is 0 Å². The number of carboxylic acids is 1. The lowest BCUT2D eigenvalue weighted by Gasteiger charge is -2.41. The molecule has 0 saturated heterocycles. The summed E-state index contributed by atoms with van der Waals surface area (Å²) in [5.74, 6) is -0.946. The van der Waals surface area contributed by atoms with E-state index < -0.39 is 12.1 Å². The molecule has 0 bridgehead atoms. The van der Waals surface area contributed by atoms with Crippen LogP contribution in [0.3, 0.4) is 0 Å². The van der Waals surface area contributed by atoms with Gasteiger partial charge in [0.1, 0.15) is 6.61 Å². The van der Waals surface area contributed by atoms with Gasteiger partial charge in [0.05, 0.1) is 0 Å². The molecule has 144 valence electrons. The molecule has 0 aliphatic heterocycles. The lowest BCUT2D eigenvalue weighted by atomic mass is 9.74. The highest BCUT2D eigenvalue weighted by atomic mass is 16.5. The molecule has 2 aliphatic rings. The van der Waals surface area contributed by atoms with Gasteiger partial charge in [-0.15, -0.1) is 0 Å². The monoisotopic (exact) mass is 377 g/mol. The van der Waals surface area contributed by atoms with Crippen molar-refractivity contribution in [2.75, 3.05) is 6.61 Å². The van der Waals surface area contributed by atoms with Crippen LogP contribution in [0.4, 0.5) is 4.79 Å². The zero-order valence-corrected chi connectivity index (χ0v) is 15.6. The van der Waals surface area contributed by atoms with Crippen molar-refractivity contribution in [2.24, 2.45) is 0 Å². The molecular formula is C23H23NO4. The Balaban J connectivity index is 1.42. The van der Waals surface area contributed by atoms with E-state index in [1.807, 2.05) is 24.3 Å². The molecule has 0 atom stereocenters. The molecule has 4 rings (SSSR count). The van der Waals surface area contributed by atoms with Crippen molar-refractivity contribution in [2.45, 2.75) is 37.1 Å². The smallest absolute Gasteiger partial charge is 0.407 e. The van der Waals surface area contributed by atoms with Gasteiger partial charge in [0, 0.05) is 17.5 Å². The summed E-state index contributed by atoms with van der Waals surface area (Å²) in [4.78, 5) is 23.1. The molecule has 1 amide bonds. The van der Waals surface area contributed by atoms with E-state index in [0.29, 0.717) is 6.42 Å². The second kappa shape index (κ2) is 7.50. The summed E-state index contributed by atoms with van der Waals surface area (Å²) in [6, 6.07) is 16.5. The van der Waals surface area contributed by atoms with Gasteiger partial charge >= 0.3 is 12.1 Å². The average Bonchev–Trinajstić information content (AvgIpc) is 2.98. The quantitative estimate of drug-likeness (QED) is 0.728. The summed E-state index contributed by atoms with van der Waals surface area (Å²) in [7, 11) is 0. The summed E-state index contributed by atoms with van der Waals surface area (Å²) in [5.41, 5.74) is 4.37. The van der Waals surface area contributed by atoms with Crippen LogP contribution < -0.4 is 5.32 Å². The minimum atomic E-state index is -0.976. The molecular weight excluding hydrogens is 354 g/mol. The topological polar surface area (TPSA) is 75.6 Å². The molecule has 1 fully saturated rings. The van der Waals surface area contributed by atoms with Crippen LogP contribution in [-0.2, 0) is 9.53 Å². The Morgan fingerprint density at radius 1 is 1.07 bits per heavy atom. The van der Waals surface area contributed by atoms with Crippen molar-refractivity contribution in [1.29, 1.82) is 0 Å². The fourth-order valence-electron chi connectivity index (χ4n) is 4.22. The third-order valence-electron chi connectivity index (χ3n) is 5.79. The number of nitrogens with one attached hydrogen (secondary N) is 1. The van der Waals surface area contributed by atoms with Crippen LogP contribution in [0.5, 0.6) is 0 Å². The second-order valence-corrected chi connectivity index (χ2v) is 7.53. The zero-order chi connectivity index (χ0) is 19.6. The minimum absolute atomic E-state index is 0.0300. The molecule has 0 heterocycles. The number of carbonyl (C=O) groups is 2. The Labute approximate surface area is 164 Å². The van der Waals surface area contributed by atoms with E-state index in [0.717, 1.165) is 25.3 Å². The molecule has 0 aromatic heterocycles. The highest BCUT2D eigenvalue weighted by molar-refractivity contribution is 5.80. The zero-order valence-electron chi connectivity index (χ0n) is 15.6. The number of carbonyl (C=O) groups excluding carboxylic acids is 1. The number of fused-ring (bicyclic) bond motifs is 3. The van der Waals surface area contributed by atoms with Crippen LogP contribution in [0.25, 0.3) is 11.1 Å². The maximum atomic E-state index is 12.5. The van der Waals surface area contributed by atoms with Crippen LogP contribution in [0, 0.1) is 0 Å². The highest BCUT2D eigenvalue weighted by Gasteiger charge is 2.38. The molecule has 2 aliphatic carbocycles. The standard InChI is InChI=1S/C23H23NO4/c25-21(26)11-5-12-23(13-6-14-23)24-22(27)28-15-20-18-9-3-1-7-16(18)17-8-2-4-10-19(17)20/h1-5,7-11,20H,6,12-15H2,(H,24,27)(H,25,26)/b11-5+. The first-order chi connectivity index (χ1) is 13.6. The molecule has 5 heteroatoms. The van der Waals surface area contributed by atoms with Crippen molar-refractivity contribution < 1.29 is 19.4 Å². The SMILES string of the molecule is O=C(O)/C=C/CC1(NC(=O)OCC2c3ccccc3-c3ccccc32)CCC1. The molecule has 1 saturated carbocycles. The molecule has 2 N–H and O–H groups in total. The number of rotatable bonds is 6. The van der Waals surface area contributed by atoms with Gasteiger partial charge in [-0.3, -0.25) is 0 Å². The molecule has 2 aromatic rings. The summed E-state index contributed by atoms with van der Waals surface area (Å²) in [5, 5.41) is 11.7. The van der Waals surface area contributed by atoms with Crippen molar-refractivity contribution in [3.63, 3.8) is 0 Å². The summed E-state index contributed by atoms with van der Waals surface area (Å²) in [6.45, 7) is 0.279. The third kappa shape index (κ3) is 3.52. The van der Waals surface area contributed by atoms with E-state index in [-0.39, 0.29) is 18.1 Å². The Kier molecular flexibility index (Phi) is 4.90. The van der Waals surface area contributed by atoms with E-state index in [9.17, 15) is 9.59 Å². The molecule has 0 unspecified atom stereocenters. The Morgan fingerprint density at radius 3 is 2.21 bits per heavy atom. The predicted molar refractivity (Wildman–Crippen MR) is 106 cm³/mol. The number of amides is 1. The number of ether oxygens (including phenoxy) is 1. The Hall–Kier alpha value is -3.08. The molecule has 2 aromatic carbocycles. The number of hydrogen-bond donors (Lipinski definition) is 2. The maximum absolute atomic E-state index is 12.5. The molecule has 5 nitrogen and oxygen atoms in total. The number of aliphatic carboxylic acids is 1. The second-order valence-electron chi connectivity index (χ2n) is 7.53. The van der Waals surface area contributed by atoms with Crippen molar-refractivity contribution >= 4 is 12.1 Å².